The largest absolute Gasteiger partial charge is 0.295 e. The van der Waals surface area contributed by atoms with Gasteiger partial charge in [-0.2, -0.15) is 0 Å². The molecule has 1 nitrogen and oxygen atoms in total. The minimum atomic E-state index is -0.220. The van der Waals surface area contributed by atoms with Gasteiger partial charge in [0.2, 0.25) is 0 Å². The number of hydrogen-bond donors (Lipinski definition) is 0. The number of rotatable bonds is 2. The van der Waals surface area contributed by atoms with Crippen molar-refractivity contribution in [3.8, 4) is 0 Å². The van der Waals surface area contributed by atoms with Gasteiger partial charge in [-0.15, -0.1) is 0 Å². The number of carbonyl (C=O) groups is 1. The number of halogens is 4. The molecule has 0 amide bonds. The molecule has 0 N–H and O–H groups in total. The van der Waals surface area contributed by atoms with Crippen LogP contribution in [0.25, 0.3) is 0 Å². The second-order valence-electron chi connectivity index (χ2n) is 1.68. The first-order valence-corrected chi connectivity index (χ1v) is 4.05. The van der Waals surface area contributed by atoms with Crippen molar-refractivity contribution in [2.24, 2.45) is 0 Å². The molecule has 0 bridgehead atoms. The molecule has 0 saturated carbocycles. The van der Waals surface area contributed by atoms with Crippen LogP contribution in [0.2, 0.25) is 0 Å². The van der Waals surface area contributed by atoms with E-state index in [9.17, 15) is 4.79 Å². The highest BCUT2D eigenvalue weighted by Crippen LogP contribution is 2.27. The Kier molecular flexibility index (Phi) is 5.19. The van der Waals surface area contributed by atoms with E-state index in [2.05, 4.69) is 0 Å². The van der Waals surface area contributed by atoms with Crippen LogP contribution in [0.4, 0.5) is 0 Å². The van der Waals surface area contributed by atoms with Crippen molar-refractivity contribution in [1.82, 2.24) is 0 Å². The van der Waals surface area contributed by atoms with Crippen molar-refractivity contribution in [3.63, 3.8) is 0 Å². The van der Waals surface area contributed by atoms with Crippen LogP contribution in [0, 0.1) is 0 Å². The molecule has 0 unspecified atom stereocenters. The molecule has 0 aromatic heterocycles. The Labute approximate surface area is 84.6 Å². The Morgan fingerprint density at radius 1 is 1.18 bits per heavy atom. The second-order valence-corrected chi connectivity index (χ2v) is 3.41. The van der Waals surface area contributed by atoms with Gasteiger partial charge in [-0.05, 0) is 6.92 Å². The minimum absolute atomic E-state index is 0.0230. The van der Waals surface area contributed by atoms with E-state index in [1.54, 1.807) is 0 Å². The van der Waals surface area contributed by atoms with Crippen LogP contribution in [-0.2, 0) is 4.79 Å². The summed E-state index contributed by atoms with van der Waals surface area (Å²) in [6, 6.07) is 0. The predicted octanol–water partition coefficient (Wildman–Crippen LogP) is 3.58. The molecule has 0 aromatic rings. The summed E-state index contributed by atoms with van der Waals surface area (Å²) in [5.41, 5.74) is 0. The van der Waals surface area contributed by atoms with Crippen LogP contribution >= 0.6 is 46.4 Å². The standard InChI is InChI=1S/C6H4Cl4O/c1-3(11)2-4(7)5(8)6(9)10/h2H,1H3. The molecule has 11 heavy (non-hydrogen) atoms. The Balaban J connectivity index is 4.63. The van der Waals surface area contributed by atoms with Gasteiger partial charge in [0.15, 0.2) is 5.78 Å². The van der Waals surface area contributed by atoms with Crippen molar-refractivity contribution in [2.45, 2.75) is 6.92 Å². The van der Waals surface area contributed by atoms with E-state index in [-0.39, 0.29) is 20.3 Å². The summed E-state index contributed by atoms with van der Waals surface area (Å²) < 4.78 is -0.158. The highest BCUT2D eigenvalue weighted by molar-refractivity contribution is 6.61. The SMILES string of the molecule is CC(=O)C=C(Cl)C(Cl)=C(Cl)Cl. The highest BCUT2D eigenvalue weighted by atomic mass is 35.5. The molecule has 0 atom stereocenters. The maximum Gasteiger partial charge on any atom is 0.154 e. The summed E-state index contributed by atoms with van der Waals surface area (Å²) >= 11 is 21.5. The lowest BCUT2D eigenvalue weighted by molar-refractivity contribution is -0.112. The monoisotopic (exact) mass is 232 g/mol. The topological polar surface area (TPSA) is 17.1 Å². The summed E-state index contributed by atoms with van der Waals surface area (Å²) in [7, 11) is 0. The summed E-state index contributed by atoms with van der Waals surface area (Å²) in [6.45, 7) is 1.34. The lowest BCUT2D eigenvalue weighted by Gasteiger charge is -1.93. The molecule has 0 aromatic carbocycles. The van der Waals surface area contributed by atoms with Gasteiger partial charge in [0.1, 0.15) is 4.49 Å². The molecule has 5 heteroatoms. The molecule has 0 fully saturated rings. The quantitative estimate of drug-likeness (QED) is 0.527. The molecule has 0 aliphatic carbocycles. The second kappa shape index (κ2) is 5.04. The maximum absolute atomic E-state index is 10.5. The summed E-state index contributed by atoms with van der Waals surface area (Å²) in [5, 5.41) is 0.0179. The zero-order valence-corrected chi connectivity index (χ0v) is 8.52. The van der Waals surface area contributed by atoms with Crippen molar-refractivity contribution >= 4 is 52.2 Å². The number of carbonyl (C=O) groups excluding carboxylic acids is 1. The highest BCUT2D eigenvalue weighted by Gasteiger charge is 2.04. The molecule has 62 valence electrons. The van der Waals surface area contributed by atoms with Crippen molar-refractivity contribution in [1.29, 1.82) is 0 Å². The molecule has 0 aliphatic heterocycles. The summed E-state index contributed by atoms with van der Waals surface area (Å²) in [4.78, 5) is 10.5. The van der Waals surface area contributed by atoms with Gasteiger partial charge in [0.25, 0.3) is 0 Å². The van der Waals surface area contributed by atoms with E-state index >= 15 is 0 Å². The average molecular weight is 234 g/mol. The Hall–Kier alpha value is 0.310. The van der Waals surface area contributed by atoms with Gasteiger partial charge in [0.05, 0.1) is 10.1 Å². The summed E-state index contributed by atoms with van der Waals surface area (Å²) in [6.07, 6.45) is 1.13. The van der Waals surface area contributed by atoms with E-state index in [0.717, 1.165) is 6.08 Å². The third-order valence-electron chi connectivity index (χ3n) is 0.706. The van der Waals surface area contributed by atoms with Crippen molar-refractivity contribution < 1.29 is 4.79 Å². The Morgan fingerprint density at radius 2 is 1.64 bits per heavy atom. The van der Waals surface area contributed by atoms with Gasteiger partial charge in [-0.1, -0.05) is 46.4 Å². The number of allylic oxidation sites excluding steroid dienone is 3. The fourth-order valence-electron chi connectivity index (χ4n) is 0.332. The molecule has 0 radical (unpaired) electrons. The van der Waals surface area contributed by atoms with Crippen LogP contribution in [0.5, 0.6) is 0 Å². The van der Waals surface area contributed by atoms with Crippen LogP contribution in [0.3, 0.4) is 0 Å². The van der Waals surface area contributed by atoms with Crippen molar-refractivity contribution in [2.75, 3.05) is 0 Å². The molecule has 0 aliphatic rings. The first-order valence-electron chi connectivity index (χ1n) is 2.54. The first-order chi connectivity index (χ1) is 4.95. The zero-order chi connectivity index (χ0) is 9.02. The van der Waals surface area contributed by atoms with Crippen LogP contribution < -0.4 is 0 Å². The zero-order valence-electron chi connectivity index (χ0n) is 5.50. The fraction of sp³-hybridized carbons (Fsp3) is 0.167. The minimum Gasteiger partial charge on any atom is -0.295 e. The third kappa shape index (κ3) is 4.70. The van der Waals surface area contributed by atoms with E-state index in [4.69, 9.17) is 46.4 Å². The molecular formula is C6H4Cl4O. The van der Waals surface area contributed by atoms with E-state index < -0.39 is 0 Å². The van der Waals surface area contributed by atoms with E-state index in [0.29, 0.717) is 0 Å². The predicted molar refractivity (Wildman–Crippen MR) is 49.2 cm³/mol. The van der Waals surface area contributed by atoms with Gasteiger partial charge < -0.3 is 0 Å². The van der Waals surface area contributed by atoms with Gasteiger partial charge in [0, 0.05) is 6.08 Å². The number of ketones is 1. The molecule has 0 saturated heterocycles. The first kappa shape index (κ1) is 11.3. The Morgan fingerprint density at radius 3 is 1.91 bits per heavy atom. The summed E-state index contributed by atoms with van der Waals surface area (Å²) in [5.74, 6) is -0.220. The van der Waals surface area contributed by atoms with Gasteiger partial charge in [-0.25, -0.2) is 0 Å². The normalized spacial score (nSPS) is 11.2. The molecule has 0 spiro atoms. The molecule has 0 rings (SSSR count). The molecular weight excluding hydrogens is 230 g/mol. The third-order valence-corrected chi connectivity index (χ3v) is 2.06. The lowest BCUT2D eigenvalue weighted by atomic mass is 10.4. The fourth-order valence-corrected chi connectivity index (χ4v) is 0.935. The lowest BCUT2D eigenvalue weighted by Crippen LogP contribution is -1.84. The van der Waals surface area contributed by atoms with Crippen LogP contribution in [0.1, 0.15) is 6.92 Å². The Bertz CT molecular complexity index is 225. The maximum atomic E-state index is 10.5. The average Bonchev–Trinajstić information content (AvgIpc) is 1.84. The van der Waals surface area contributed by atoms with E-state index in [1.165, 1.54) is 6.92 Å². The van der Waals surface area contributed by atoms with Crippen molar-refractivity contribution in [3.05, 3.63) is 20.6 Å². The van der Waals surface area contributed by atoms with Crippen LogP contribution in [-0.4, -0.2) is 5.78 Å². The van der Waals surface area contributed by atoms with Gasteiger partial charge >= 0.3 is 0 Å². The smallest absolute Gasteiger partial charge is 0.154 e. The number of hydrogen-bond acceptors (Lipinski definition) is 1. The molecule has 0 heterocycles. The van der Waals surface area contributed by atoms with Gasteiger partial charge in [-0.3, -0.25) is 4.79 Å². The van der Waals surface area contributed by atoms with Crippen LogP contribution in [0.15, 0.2) is 20.6 Å². The van der Waals surface area contributed by atoms with E-state index in [1.807, 2.05) is 0 Å².